The van der Waals surface area contributed by atoms with Gasteiger partial charge in [-0.2, -0.15) is 0 Å². The quantitative estimate of drug-likeness (QED) is 0.276. The molecule has 0 unspecified atom stereocenters. The molecule has 47 heavy (non-hydrogen) atoms. The maximum Gasteiger partial charge on any atom is 0.338 e. The van der Waals surface area contributed by atoms with E-state index in [0.29, 0.717) is 5.56 Å². The number of rotatable bonds is 8. The van der Waals surface area contributed by atoms with Crippen LogP contribution in [0.25, 0.3) is 0 Å². The first-order chi connectivity index (χ1) is 22.4. The number of esters is 3. The summed E-state index contributed by atoms with van der Waals surface area (Å²) >= 11 is 0. The lowest BCUT2D eigenvalue weighted by molar-refractivity contribution is -0.220. The lowest BCUT2D eigenvalue weighted by atomic mass is 9.42. The van der Waals surface area contributed by atoms with Crippen molar-refractivity contribution in [2.45, 2.75) is 58.3 Å². The molecule has 3 aromatic rings. The topological polar surface area (TPSA) is 138 Å². The van der Waals surface area contributed by atoms with Gasteiger partial charge in [-0.3, -0.25) is 15.0 Å². The number of urea groups is 1. The molecule has 2 aliphatic heterocycles. The van der Waals surface area contributed by atoms with Gasteiger partial charge in [-0.15, -0.1) is 0 Å². The van der Waals surface area contributed by atoms with Gasteiger partial charge in [0.2, 0.25) is 5.91 Å². The summed E-state index contributed by atoms with van der Waals surface area (Å²) in [5.41, 5.74) is -0.329. The molecule has 2 heterocycles. The number of imide groups is 1. The van der Waals surface area contributed by atoms with E-state index in [1.807, 2.05) is 27.7 Å². The fourth-order valence-electron chi connectivity index (χ4n) is 6.81. The van der Waals surface area contributed by atoms with Crippen LogP contribution in [-0.4, -0.2) is 71.9 Å². The number of benzene rings is 3. The summed E-state index contributed by atoms with van der Waals surface area (Å²) in [6, 6.07) is 23.4. The highest BCUT2D eigenvalue weighted by molar-refractivity contribution is 6.00. The molecule has 3 fully saturated rings. The van der Waals surface area contributed by atoms with E-state index in [4.69, 9.17) is 18.9 Å². The minimum atomic E-state index is -1.37. The lowest BCUT2D eigenvalue weighted by Crippen LogP contribution is -2.80. The summed E-state index contributed by atoms with van der Waals surface area (Å²) in [4.78, 5) is 68.1. The van der Waals surface area contributed by atoms with Crippen molar-refractivity contribution in [1.29, 1.82) is 0 Å². The van der Waals surface area contributed by atoms with Crippen molar-refractivity contribution < 1.29 is 42.9 Å². The van der Waals surface area contributed by atoms with Crippen LogP contribution in [0.15, 0.2) is 91.0 Å². The van der Waals surface area contributed by atoms with Gasteiger partial charge in [0.05, 0.1) is 28.7 Å². The molecule has 0 aromatic heterocycles. The highest BCUT2D eigenvalue weighted by Gasteiger charge is 2.71. The molecule has 3 aliphatic rings. The zero-order chi connectivity index (χ0) is 33.5. The minimum absolute atomic E-state index is 0.222. The molecule has 3 amide bonds. The fraction of sp³-hybridized carbons (Fsp3) is 0.361. The Morgan fingerprint density at radius 2 is 1.17 bits per heavy atom. The Morgan fingerprint density at radius 1 is 0.702 bits per heavy atom. The SMILES string of the molecule is CC1(C)[C@H]2C(=O)NC(=O)N([C@@H]3O[C@H](COC(=O)c4ccccc4)[C@@H](OC(=O)c4ccccc4)[C@H]3OC(=O)c3ccccc3)[C@H]2C1(C)C. The zero-order valence-electron chi connectivity index (χ0n) is 26.5. The van der Waals surface area contributed by atoms with Gasteiger partial charge >= 0.3 is 23.9 Å². The van der Waals surface area contributed by atoms with E-state index in [9.17, 15) is 24.0 Å². The van der Waals surface area contributed by atoms with Gasteiger partial charge in [0.1, 0.15) is 12.7 Å². The number of carbonyl (C=O) groups excluding carboxylic acids is 5. The second-order valence-corrected chi connectivity index (χ2v) is 13.1. The van der Waals surface area contributed by atoms with Gasteiger partial charge in [0, 0.05) is 0 Å². The van der Waals surface area contributed by atoms with Crippen molar-refractivity contribution in [3.05, 3.63) is 108 Å². The molecule has 11 nitrogen and oxygen atoms in total. The summed E-state index contributed by atoms with van der Waals surface area (Å²) in [6.45, 7) is 7.44. The Labute approximate surface area is 272 Å². The number of nitrogens with one attached hydrogen (secondary N) is 1. The second kappa shape index (κ2) is 12.3. The van der Waals surface area contributed by atoms with E-state index in [1.54, 1.807) is 91.0 Å². The molecule has 2 saturated heterocycles. The van der Waals surface area contributed by atoms with Gasteiger partial charge in [-0.1, -0.05) is 82.3 Å². The average Bonchev–Trinajstić information content (AvgIpc) is 3.39. The number of hydrogen-bond donors (Lipinski definition) is 1. The van der Waals surface area contributed by atoms with Crippen LogP contribution in [0.2, 0.25) is 0 Å². The monoisotopic (exact) mass is 640 g/mol. The van der Waals surface area contributed by atoms with Crippen LogP contribution < -0.4 is 5.32 Å². The first-order valence-electron chi connectivity index (χ1n) is 15.4. The third kappa shape index (κ3) is 5.65. The summed E-state index contributed by atoms with van der Waals surface area (Å²) in [5, 5.41) is 2.44. The molecular weight excluding hydrogens is 604 g/mol. The molecule has 0 spiro atoms. The number of ether oxygens (including phenoxy) is 4. The zero-order valence-corrected chi connectivity index (χ0v) is 26.5. The third-order valence-electron chi connectivity index (χ3n) is 9.99. The van der Waals surface area contributed by atoms with Crippen LogP contribution in [0.4, 0.5) is 4.79 Å². The predicted molar refractivity (Wildman–Crippen MR) is 167 cm³/mol. The standard InChI is InChI=1S/C36H36N2O9/c1-35(2)25-28(36(35,3)4)38(34(43)37-29(25)39)30-27(47-33(42)23-18-12-7-13-19-23)26(46-32(41)22-16-10-6-11-17-22)24(45-30)20-44-31(40)21-14-8-5-9-15-21/h5-19,24-28,30H,20H2,1-4H3,(H,37,39,43)/t24-,25-,26-,27-,28-,30-/m1/s1. The molecule has 0 radical (unpaired) electrons. The van der Waals surface area contributed by atoms with Crippen LogP contribution in [0.1, 0.15) is 58.8 Å². The predicted octanol–water partition coefficient (Wildman–Crippen LogP) is 4.62. The van der Waals surface area contributed by atoms with E-state index >= 15 is 0 Å². The molecule has 1 aliphatic carbocycles. The second-order valence-electron chi connectivity index (χ2n) is 13.1. The van der Waals surface area contributed by atoms with Crippen molar-refractivity contribution in [3.63, 3.8) is 0 Å². The Hall–Kier alpha value is -5.03. The van der Waals surface area contributed by atoms with E-state index in [0.717, 1.165) is 0 Å². The van der Waals surface area contributed by atoms with Gasteiger partial charge < -0.3 is 18.9 Å². The number of hydrogen-bond acceptors (Lipinski definition) is 9. The Morgan fingerprint density at radius 3 is 1.68 bits per heavy atom. The summed E-state index contributed by atoms with van der Waals surface area (Å²) < 4.78 is 24.1. The Kier molecular flexibility index (Phi) is 8.35. The lowest BCUT2D eigenvalue weighted by Gasteiger charge is -2.68. The molecule has 3 aromatic carbocycles. The van der Waals surface area contributed by atoms with Crippen LogP contribution >= 0.6 is 0 Å². The molecular formula is C36H36N2O9. The highest BCUT2D eigenvalue weighted by atomic mass is 16.7. The molecule has 0 bridgehead atoms. The first kappa shape index (κ1) is 31.9. The molecule has 244 valence electrons. The largest absolute Gasteiger partial charge is 0.459 e. The molecule has 6 atom stereocenters. The molecule has 1 saturated carbocycles. The van der Waals surface area contributed by atoms with E-state index in [1.165, 1.54) is 4.90 Å². The first-order valence-corrected chi connectivity index (χ1v) is 15.4. The number of amides is 3. The molecule has 11 heteroatoms. The summed E-state index contributed by atoms with van der Waals surface area (Å²) in [6.07, 6.45) is -5.15. The summed E-state index contributed by atoms with van der Waals surface area (Å²) in [5.74, 6) is -3.13. The van der Waals surface area contributed by atoms with Crippen molar-refractivity contribution in [2.75, 3.05) is 6.61 Å². The highest BCUT2D eigenvalue weighted by Crippen LogP contribution is 2.63. The molecule has 6 rings (SSSR count). The third-order valence-corrected chi connectivity index (χ3v) is 9.99. The fourth-order valence-corrected chi connectivity index (χ4v) is 6.81. The average molecular weight is 641 g/mol. The van der Waals surface area contributed by atoms with Crippen molar-refractivity contribution >= 4 is 29.8 Å². The van der Waals surface area contributed by atoms with Gasteiger partial charge in [-0.25, -0.2) is 19.2 Å². The van der Waals surface area contributed by atoms with Crippen LogP contribution in [0.3, 0.4) is 0 Å². The van der Waals surface area contributed by atoms with Crippen LogP contribution in [-0.2, 0) is 23.7 Å². The number of nitrogens with zero attached hydrogens (tertiary/aromatic N) is 1. The molecule has 1 N–H and O–H groups in total. The van der Waals surface area contributed by atoms with Gasteiger partial charge in [-0.05, 0) is 47.2 Å². The van der Waals surface area contributed by atoms with E-state index in [-0.39, 0.29) is 11.1 Å². The maximum atomic E-state index is 13.7. The van der Waals surface area contributed by atoms with Crippen LogP contribution in [0, 0.1) is 16.7 Å². The maximum absolute atomic E-state index is 13.7. The Bertz CT molecular complexity index is 1680. The number of carbonyl (C=O) groups is 5. The van der Waals surface area contributed by atoms with Crippen molar-refractivity contribution in [2.24, 2.45) is 16.7 Å². The number of fused-ring (bicyclic) bond motifs is 1. The van der Waals surface area contributed by atoms with E-state index in [2.05, 4.69) is 5.32 Å². The normalized spacial score (nSPS) is 27.1. The van der Waals surface area contributed by atoms with Crippen molar-refractivity contribution in [1.82, 2.24) is 10.2 Å². The van der Waals surface area contributed by atoms with E-state index < -0.39 is 83.8 Å². The van der Waals surface area contributed by atoms with Gasteiger partial charge in [0.25, 0.3) is 0 Å². The van der Waals surface area contributed by atoms with Crippen molar-refractivity contribution in [3.8, 4) is 0 Å². The Balaban J connectivity index is 1.38. The van der Waals surface area contributed by atoms with Gasteiger partial charge in [0.15, 0.2) is 18.4 Å². The minimum Gasteiger partial charge on any atom is -0.459 e. The smallest absolute Gasteiger partial charge is 0.338 e. The van der Waals surface area contributed by atoms with Crippen LogP contribution in [0.5, 0.6) is 0 Å². The summed E-state index contributed by atoms with van der Waals surface area (Å²) in [7, 11) is 0.